The maximum atomic E-state index is 2.56. The lowest BCUT2D eigenvalue weighted by Gasteiger charge is -2.43. The first-order valence-corrected chi connectivity index (χ1v) is 21.9. The number of para-hydroxylation sites is 1. The second-order valence-electron chi connectivity index (χ2n) is 17.4. The highest BCUT2D eigenvalue weighted by molar-refractivity contribution is 6.08. The quantitative estimate of drug-likeness (QED) is 0.165. The Balaban J connectivity index is 1.06. The van der Waals surface area contributed by atoms with Gasteiger partial charge in [-0.05, 0) is 109 Å². The molecular weight excluding hydrogens is 761 g/mol. The molecule has 0 aliphatic carbocycles. The van der Waals surface area contributed by atoms with Gasteiger partial charge in [0, 0.05) is 33.1 Å². The molecule has 0 saturated heterocycles. The van der Waals surface area contributed by atoms with Crippen LogP contribution in [0.5, 0.6) is 0 Å². The van der Waals surface area contributed by atoms with Gasteiger partial charge in [0.15, 0.2) is 0 Å². The molecule has 1 heterocycles. The SMILES string of the molecule is CC1(C)c2ccccc2N(c2c(-c3ccc(N(c4ccc5ccccc5c4)c4cccc5ccccc45)cc3)ccc3ccccc23)c2cc(-c3ccc4ccccc4c3)ccc21. The van der Waals surface area contributed by atoms with E-state index in [1.54, 1.807) is 0 Å². The van der Waals surface area contributed by atoms with Crippen LogP contribution in [-0.2, 0) is 5.41 Å². The smallest absolute Gasteiger partial charge is 0.0618 e. The van der Waals surface area contributed by atoms with Gasteiger partial charge in [0.2, 0.25) is 0 Å². The molecule has 0 fully saturated rings. The van der Waals surface area contributed by atoms with E-state index in [1.165, 1.54) is 88.0 Å². The summed E-state index contributed by atoms with van der Waals surface area (Å²) in [5.41, 5.74) is 14.1. The molecular formula is C61H44N2. The van der Waals surface area contributed by atoms with Gasteiger partial charge in [-0.25, -0.2) is 0 Å². The van der Waals surface area contributed by atoms with Crippen molar-refractivity contribution in [2.24, 2.45) is 0 Å². The molecule has 0 radical (unpaired) electrons. The minimum absolute atomic E-state index is 0.218. The number of benzene rings is 11. The molecule has 1 aliphatic heterocycles. The van der Waals surface area contributed by atoms with E-state index in [1.807, 2.05) is 0 Å². The first-order valence-electron chi connectivity index (χ1n) is 21.9. The van der Waals surface area contributed by atoms with E-state index in [-0.39, 0.29) is 5.41 Å². The van der Waals surface area contributed by atoms with Gasteiger partial charge in [0.1, 0.15) is 0 Å². The van der Waals surface area contributed by atoms with E-state index in [2.05, 4.69) is 254 Å². The molecule has 298 valence electrons. The van der Waals surface area contributed by atoms with Crippen LogP contribution >= 0.6 is 0 Å². The van der Waals surface area contributed by atoms with E-state index in [0.717, 1.165) is 22.6 Å². The topological polar surface area (TPSA) is 6.48 Å². The Hall–Kier alpha value is -7.94. The highest BCUT2D eigenvalue weighted by Gasteiger charge is 2.38. The average Bonchev–Trinajstić information content (AvgIpc) is 3.34. The predicted molar refractivity (Wildman–Crippen MR) is 269 cm³/mol. The fourth-order valence-electron chi connectivity index (χ4n) is 10.2. The monoisotopic (exact) mass is 804 g/mol. The van der Waals surface area contributed by atoms with Crippen molar-refractivity contribution < 1.29 is 0 Å². The Morgan fingerprint density at radius 1 is 0.349 bits per heavy atom. The van der Waals surface area contributed by atoms with Gasteiger partial charge in [-0.2, -0.15) is 0 Å². The third kappa shape index (κ3) is 6.09. The summed E-state index contributed by atoms with van der Waals surface area (Å²) in [7, 11) is 0. The first kappa shape index (κ1) is 36.9. The van der Waals surface area contributed by atoms with Crippen LogP contribution in [0.15, 0.2) is 231 Å². The molecule has 0 atom stereocenters. The molecule has 12 rings (SSSR count). The van der Waals surface area contributed by atoms with Crippen LogP contribution in [0.1, 0.15) is 25.0 Å². The summed E-state index contributed by atoms with van der Waals surface area (Å²) in [5, 5.41) is 9.79. The molecule has 0 bridgehead atoms. The molecule has 2 nitrogen and oxygen atoms in total. The Morgan fingerprint density at radius 2 is 0.873 bits per heavy atom. The second-order valence-corrected chi connectivity index (χ2v) is 17.4. The molecule has 0 spiro atoms. The zero-order valence-corrected chi connectivity index (χ0v) is 35.3. The fraction of sp³-hybridized carbons (Fsp3) is 0.0492. The standard InChI is InChI=1S/C61H44N2/c1-61(2)55-23-11-12-24-58(55)63(59-40-49(32-37-56(59)61)48-27-26-41-14-3-5-18-46(41)38-48)60-53-22-10-8-17-44(53)31-36-54(60)45-29-33-50(34-30-45)62(51-35-28-42-15-4-6-19-47(42)39-51)57-25-13-20-43-16-7-9-21-52(43)57/h3-40H,1-2H3. The number of rotatable bonds is 6. The Bertz CT molecular complexity index is 3560. The number of nitrogens with zero attached hydrogens (tertiary/aromatic N) is 2. The van der Waals surface area contributed by atoms with Crippen LogP contribution < -0.4 is 9.80 Å². The lowest BCUT2D eigenvalue weighted by Crippen LogP contribution is -2.31. The largest absolute Gasteiger partial charge is 0.310 e. The molecule has 1 aliphatic rings. The van der Waals surface area contributed by atoms with Gasteiger partial charge >= 0.3 is 0 Å². The zero-order chi connectivity index (χ0) is 42.1. The Morgan fingerprint density at radius 3 is 1.65 bits per heavy atom. The molecule has 0 amide bonds. The summed E-state index contributed by atoms with van der Waals surface area (Å²) in [5.74, 6) is 0. The maximum Gasteiger partial charge on any atom is 0.0618 e. The number of hydrogen-bond acceptors (Lipinski definition) is 2. The minimum Gasteiger partial charge on any atom is -0.310 e. The molecule has 2 heteroatoms. The van der Waals surface area contributed by atoms with Crippen molar-refractivity contribution in [2.75, 3.05) is 9.80 Å². The lowest BCUT2D eigenvalue weighted by atomic mass is 9.73. The molecule has 0 aromatic heterocycles. The van der Waals surface area contributed by atoms with Crippen LogP contribution in [0.25, 0.3) is 65.3 Å². The Labute approximate surface area is 368 Å². The van der Waals surface area contributed by atoms with Gasteiger partial charge in [-0.3, -0.25) is 0 Å². The van der Waals surface area contributed by atoms with Crippen LogP contribution in [0, 0.1) is 0 Å². The molecule has 63 heavy (non-hydrogen) atoms. The second kappa shape index (κ2) is 14.6. The van der Waals surface area contributed by atoms with Crippen molar-refractivity contribution in [3.05, 3.63) is 242 Å². The van der Waals surface area contributed by atoms with Gasteiger partial charge in [-0.1, -0.05) is 196 Å². The van der Waals surface area contributed by atoms with E-state index in [0.29, 0.717) is 0 Å². The van der Waals surface area contributed by atoms with Crippen LogP contribution in [0.4, 0.5) is 34.1 Å². The summed E-state index contributed by atoms with van der Waals surface area (Å²) in [6, 6.07) is 85.0. The van der Waals surface area contributed by atoms with E-state index in [9.17, 15) is 0 Å². The van der Waals surface area contributed by atoms with Gasteiger partial charge in [0.05, 0.1) is 22.7 Å². The van der Waals surface area contributed by atoms with E-state index < -0.39 is 0 Å². The summed E-state index contributed by atoms with van der Waals surface area (Å²) in [6.45, 7) is 4.75. The first-order chi connectivity index (χ1) is 31.0. The van der Waals surface area contributed by atoms with E-state index in [4.69, 9.17) is 0 Å². The van der Waals surface area contributed by atoms with Gasteiger partial charge < -0.3 is 9.80 Å². The maximum absolute atomic E-state index is 2.56. The van der Waals surface area contributed by atoms with Crippen LogP contribution in [-0.4, -0.2) is 0 Å². The normalized spacial score (nSPS) is 13.0. The predicted octanol–water partition coefficient (Wildman–Crippen LogP) is 17.2. The van der Waals surface area contributed by atoms with Crippen molar-refractivity contribution in [3.8, 4) is 22.3 Å². The fourth-order valence-corrected chi connectivity index (χ4v) is 10.2. The number of hydrogen-bond donors (Lipinski definition) is 0. The third-order valence-electron chi connectivity index (χ3n) is 13.4. The molecule has 0 unspecified atom stereocenters. The van der Waals surface area contributed by atoms with Crippen molar-refractivity contribution in [1.82, 2.24) is 0 Å². The molecule has 11 aromatic rings. The van der Waals surface area contributed by atoms with Crippen molar-refractivity contribution >= 4 is 77.2 Å². The van der Waals surface area contributed by atoms with Crippen molar-refractivity contribution in [3.63, 3.8) is 0 Å². The third-order valence-corrected chi connectivity index (χ3v) is 13.4. The summed E-state index contributed by atoms with van der Waals surface area (Å²) < 4.78 is 0. The molecule has 0 saturated carbocycles. The minimum atomic E-state index is -0.218. The highest BCUT2D eigenvalue weighted by Crippen LogP contribution is 2.56. The van der Waals surface area contributed by atoms with Crippen molar-refractivity contribution in [1.29, 1.82) is 0 Å². The highest BCUT2D eigenvalue weighted by atomic mass is 15.2. The molecule has 0 N–H and O–H groups in total. The lowest BCUT2D eigenvalue weighted by molar-refractivity contribution is 0.632. The van der Waals surface area contributed by atoms with Crippen LogP contribution in [0.3, 0.4) is 0 Å². The summed E-state index contributed by atoms with van der Waals surface area (Å²) in [4.78, 5) is 4.97. The van der Waals surface area contributed by atoms with Crippen molar-refractivity contribution in [2.45, 2.75) is 19.3 Å². The van der Waals surface area contributed by atoms with E-state index >= 15 is 0 Å². The molecule has 11 aromatic carbocycles. The number of fused-ring (bicyclic) bond motifs is 6. The van der Waals surface area contributed by atoms with Crippen LogP contribution in [0.2, 0.25) is 0 Å². The zero-order valence-electron chi connectivity index (χ0n) is 35.3. The summed E-state index contributed by atoms with van der Waals surface area (Å²) in [6.07, 6.45) is 0. The Kier molecular flexibility index (Phi) is 8.55. The number of anilines is 6. The van der Waals surface area contributed by atoms with Gasteiger partial charge in [-0.15, -0.1) is 0 Å². The average molecular weight is 805 g/mol. The van der Waals surface area contributed by atoms with Gasteiger partial charge in [0.25, 0.3) is 0 Å². The summed E-state index contributed by atoms with van der Waals surface area (Å²) >= 11 is 0.